The Morgan fingerprint density at radius 2 is 1.50 bits per heavy atom. The van der Waals surface area contributed by atoms with Gasteiger partial charge in [0.1, 0.15) is 0 Å². The van der Waals surface area contributed by atoms with Gasteiger partial charge in [0, 0.05) is 5.57 Å². The van der Waals surface area contributed by atoms with Crippen LogP contribution in [0.1, 0.15) is 16.7 Å². The monoisotopic (exact) mass is 312 g/mol. The molecule has 4 rings (SSSR count). The number of allylic oxidation sites excluding steroid dienone is 4. The molecular formula is C22H16O2. The van der Waals surface area contributed by atoms with Gasteiger partial charge in [-0.25, -0.2) is 0 Å². The van der Waals surface area contributed by atoms with Crippen LogP contribution in [-0.4, -0.2) is 11.6 Å². The Kier molecular flexibility index (Phi) is 3.20. The molecule has 3 aromatic carbocycles. The molecule has 0 radical (unpaired) electrons. The molecule has 0 aliphatic heterocycles. The number of benzene rings is 3. The maximum Gasteiger partial charge on any atom is 0.186 e. The van der Waals surface area contributed by atoms with E-state index >= 15 is 0 Å². The highest BCUT2D eigenvalue weighted by Gasteiger charge is 2.20. The van der Waals surface area contributed by atoms with Crippen molar-refractivity contribution < 1.29 is 9.59 Å². The minimum Gasteiger partial charge on any atom is -0.290 e. The second kappa shape index (κ2) is 5.27. The van der Waals surface area contributed by atoms with Crippen molar-refractivity contribution in [2.24, 2.45) is 0 Å². The van der Waals surface area contributed by atoms with Crippen LogP contribution in [0.15, 0.2) is 60.7 Å². The average Bonchev–Trinajstić information content (AvgIpc) is 2.57. The van der Waals surface area contributed by atoms with Crippen molar-refractivity contribution in [3.8, 4) is 0 Å². The van der Waals surface area contributed by atoms with Gasteiger partial charge in [0.2, 0.25) is 0 Å². The molecule has 0 saturated carbocycles. The summed E-state index contributed by atoms with van der Waals surface area (Å²) in [7, 11) is 0. The fourth-order valence-corrected chi connectivity index (χ4v) is 3.39. The molecule has 0 heterocycles. The summed E-state index contributed by atoms with van der Waals surface area (Å²) >= 11 is 0. The summed E-state index contributed by atoms with van der Waals surface area (Å²) < 4.78 is 0. The highest BCUT2D eigenvalue weighted by atomic mass is 16.1. The first-order valence-corrected chi connectivity index (χ1v) is 7.96. The van der Waals surface area contributed by atoms with Crippen LogP contribution in [0.5, 0.6) is 0 Å². The summed E-state index contributed by atoms with van der Waals surface area (Å²) in [5.41, 5.74) is 3.52. The maximum absolute atomic E-state index is 12.4. The summed E-state index contributed by atoms with van der Waals surface area (Å²) in [5, 5.41) is 4.39. The van der Waals surface area contributed by atoms with Crippen LogP contribution in [0, 0.1) is 13.8 Å². The van der Waals surface area contributed by atoms with E-state index in [-0.39, 0.29) is 11.6 Å². The van der Waals surface area contributed by atoms with Crippen molar-refractivity contribution in [1.29, 1.82) is 0 Å². The van der Waals surface area contributed by atoms with Gasteiger partial charge in [-0.3, -0.25) is 9.59 Å². The Labute approximate surface area is 140 Å². The largest absolute Gasteiger partial charge is 0.290 e. The van der Waals surface area contributed by atoms with Crippen LogP contribution in [0.25, 0.3) is 27.1 Å². The van der Waals surface area contributed by atoms with E-state index in [9.17, 15) is 9.59 Å². The van der Waals surface area contributed by atoms with Gasteiger partial charge in [-0.2, -0.15) is 0 Å². The lowest BCUT2D eigenvalue weighted by Gasteiger charge is -2.17. The molecule has 0 fully saturated rings. The second-order valence-corrected chi connectivity index (χ2v) is 6.27. The lowest BCUT2D eigenvalue weighted by molar-refractivity contribution is -0.113. The molecule has 0 unspecified atom stereocenters. The molecule has 0 saturated heterocycles. The van der Waals surface area contributed by atoms with E-state index in [4.69, 9.17) is 0 Å². The fourth-order valence-electron chi connectivity index (χ4n) is 3.39. The van der Waals surface area contributed by atoms with Gasteiger partial charge < -0.3 is 0 Å². The van der Waals surface area contributed by atoms with E-state index in [1.807, 2.05) is 26.0 Å². The number of rotatable bonds is 1. The van der Waals surface area contributed by atoms with E-state index in [1.54, 1.807) is 0 Å². The predicted octanol–water partition coefficient (Wildman–Crippen LogP) is 4.70. The number of carbonyl (C=O) groups is 2. The van der Waals surface area contributed by atoms with Gasteiger partial charge in [-0.1, -0.05) is 30.3 Å². The van der Waals surface area contributed by atoms with E-state index in [2.05, 4.69) is 30.3 Å². The molecule has 0 N–H and O–H groups in total. The molecule has 0 bridgehead atoms. The molecule has 116 valence electrons. The Hall–Kier alpha value is -3.00. The molecule has 0 amide bonds. The summed E-state index contributed by atoms with van der Waals surface area (Å²) in [5.74, 6) is -0.253. The minimum atomic E-state index is -0.139. The number of fused-ring (bicyclic) bond motifs is 2. The van der Waals surface area contributed by atoms with Gasteiger partial charge in [-0.05, 0) is 82.4 Å². The van der Waals surface area contributed by atoms with Crippen molar-refractivity contribution in [3.05, 3.63) is 77.4 Å². The lowest BCUT2D eigenvalue weighted by Crippen LogP contribution is -2.09. The average molecular weight is 312 g/mol. The quantitative estimate of drug-likeness (QED) is 0.482. The number of ketones is 2. The minimum absolute atomic E-state index is 0.113. The first kappa shape index (κ1) is 14.6. The summed E-state index contributed by atoms with van der Waals surface area (Å²) in [6.45, 7) is 4.05. The lowest BCUT2D eigenvalue weighted by atomic mass is 9.86. The summed E-state index contributed by atoms with van der Waals surface area (Å²) in [6.07, 6.45) is 4.15. The first-order valence-electron chi connectivity index (χ1n) is 7.96. The number of carbonyl (C=O) groups excluding carboxylic acids is 2. The van der Waals surface area contributed by atoms with Crippen molar-refractivity contribution in [2.45, 2.75) is 13.8 Å². The Bertz CT molecular complexity index is 1100. The van der Waals surface area contributed by atoms with Crippen LogP contribution < -0.4 is 0 Å². The highest BCUT2D eigenvalue weighted by Crippen LogP contribution is 2.35. The van der Waals surface area contributed by atoms with Crippen LogP contribution in [0.4, 0.5) is 0 Å². The molecule has 2 nitrogen and oxygen atoms in total. The molecular weight excluding hydrogens is 296 g/mol. The van der Waals surface area contributed by atoms with E-state index in [0.29, 0.717) is 5.57 Å². The molecule has 1 aliphatic rings. The zero-order valence-corrected chi connectivity index (χ0v) is 13.6. The number of hydrogen-bond acceptors (Lipinski definition) is 2. The second-order valence-electron chi connectivity index (χ2n) is 6.27. The van der Waals surface area contributed by atoms with E-state index in [1.165, 1.54) is 23.6 Å². The number of aryl methyl sites for hydroxylation is 1. The van der Waals surface area contributed by atoms with Crippen LogP contribution in [-0.2, 0) is 9.59 Å². The third-order valence-corrected chi connectivity index (χ3v) is 4.75. The third kappa shape index (κ3) is 2.19. The van der Waals surface area contributed by atoms with Gasteiger partial charge in [0.15, 0.2) is 11.6 Å². The number of hydrogen-bond donors (Lipinski definition) is 0. The zero-order valence-electron chi connectivity index (χ0n) is 13.6. The van der Waals surface area contributed by atoms with Gasteiger partial charge in [0.05, 0.1) is 0 Å². The Morgan fingerprint density at radius 3 is 2.25 bits per heavy atom. The molecule has 24 heavy (non-hydrogen) atoms. The Morgan fingerprint density at radius 1 is 0.792 bits per heavy atom. The molecule has 0 spiro atoms. The predicted molar refractivity (Wildman–Crippen MR) is 98.1 cm³/mol. The van der Waals surface area contributed by atoms with Crippen molar-refractivity contribution in [1.82, 2.24) is 0 Å². The molecule has 0 atom stereocenters. The summed E-state index contributed by atoms with van der Waals surface area (Å²) in [4.78, 5) is 24.2. The van der Waals surface area contributed by atoms with Crippen LogP contribution >= 0.6 is 0 Å². The molecule has 3 aromatic rings. The SMILES string of the molecule is Cc1cc2cc3ccccc3cc2c(C2=CC(=O)C=CC2=O)c1C. The van der Waals surface area contributed by atoms with Crippen LogP contribution in [0.3, 0.4) is 0 Å². The third-order valence-electron chi connectivity index (χ3n) is 4.75. The van der Waals surface area contributed by atoms with E-state index in [0.717, 1.165) is 32.8 Å². The van der Waals surface area contributed by atoms with E-state index < -0.39 is 0 Å². The normalized spacial score (nSPS) is 14.5. The smallest absolute Gasteiger partial charge is 0.186 e. The summed E-state index contributed by atoms with van der Waals surface area (Å²) in [6, 6.07) is 14.6. The van der Waals surface area contributed by atoms with Crippen molar-refractivity contribution in [3.63, 3.8) is 0 Å². The van der Waals surface area contributed by atoms with Crippen molar-refractivity contribution >= 4 is 38.7 Å². The van der Waals surface area contributed by atoms with Crippen LogP contribution in [0.2, 0.25) is 0 Å². The first-order chi connectivity index (χ1) is 11.5. The maximum atomic E-state index is 12.4. The molecule has 0 aromatic heterocycles. The topological polar surface area (TPSA) is 34.1 Å². The van der Waals surface area contributed by atoms with Gasteiger partial charge in [0.25, 0.3) is 0 Å². The molecule has 2 heteroatoms. The highest BCUT2D eigenvalue weighted by molar-refractivity contribution is 6.36. The molecule has 1 aliphatic carbocycles. The fraction of sp³-hybridized carbons (Fsp3) is 0.0909. The standard InChI is InChI=1S/C22H16O2/c1-13-9-17-10-15-5-3-4-6-16(15)11-19(17)22(14(13)2)20-12-18(23)7-8-21(20)24/h3-12H,1-2H3. The van der Waals surface area contributed by atoms with Crippen molar-refractivity contribution in [2.75, 3.05) is 0 Å². The zero-order chi connectivity index (χ0) is 16.8. The van der Waals surface area contributed by atoms with Gasteiger partial charge in [-0.15, -0.1) is 0 Å². The van der Waals surface area contributed by atoms with Gasteiger partial charge >= 0.3 is 0 Å². The Balaban J connectivity index is 2.13.